The standard InChI is InChI=1S/C11H15F2NO2S/c1-4-11(2,3)14-17(15,16)10-6-8(12)5-9(13)7-10/h5-7,14H,4H2,1-3H3. The second kappa shape index (κ2) is 4.70. The summed E-state index contributed by atoms with van der Waals surface area (Å²) in [7, 11) is -3.91. The molecule has 0 heterocycles. The number of sulfonamides is 1. The normalized spacial score (nSPS) is 12.8. The molecular formula is C11H15F2NO2S. The maximum Gasteiger partial charge on any atom is 0.241 e. The molecule has 3 nitrogen and oxygen atoms in total. The second-order valence-electron chi connectivity index (χ2n) is 4.45. The fourth-order valence-electron chi connectivity index (χ4n) is 1.18. The summed E-state index contributed by atoms with van der Waals surface area (Å²) in [6, 6.07) is 2.21. The first-order chi connectivity index (χ1) is 7.66. The van der Waals surface area contributed by atoms with Crippen LogP contribution in [-0.4, -0.2) is 14.0 Å². The maximum absolute atomic E-state index is 12.9. The van der Waals surface area contributed by atoms with Crippen molar-refractivity contribution in [1.82, 2.24) is 4.72 Å². The second-order valence-corrected chi connectivity index (χ2v) is 6.13. The van der Waals surface area contributed by atoms with E-state index in [0.29, 0.717) is 12.5 Å². The minimum atomic E-state index is -3.91. The van der Waals surface area contributed by atoms with Crippen LogP contribution in [-0.2, 0) is 10.0 Å². The molecule has 0 saturated carbocycles. The summed E-state index contributed by atoms with van der Waals surface area (Å²) in [4.78, 5) is -0.406. The van der Waals surface area contributed by atoms with Gasteiger partial charge in [0.1, 0.15) is 11.6 Å². The lowest BCUT2D eigenvalue weighted by molar-refractivity contribution is 0.439. The van der Waals surface area contributed by atoms with E-state index in [4.69, 9.17) is 0 Å². The molecule has 0 atom stereocenters. The van der Waals surface area contributed by atoms with Gasteiger partial charge in [-0.25, -0.2) is 21.9 Å². The SMILES string of the molecule is CCC(C)(C)NS(=O)(=O)c1cc(F)cc(F)c1. The minimum absolute atomic E-state index is 0.406. The van der Waals surface area contributed by atoms with Crippen LogP contribution in [0.15, 0.2) is 23.1 Å². The summed E-state index contributed by atoms with van der Waals surface area (Å²) < 4.78 is 52.0. The molecule has 0 spiro atoms. The van der Waals surface area contributed by atoms with Gasteiger partial charge in [-0.3, -0.25) is 0 Å². The average molecular weight is 263 g/mol. The van der Waals surface area contributed by atoms with E-state index in [0.717, 1.165) is 12.1 Å². The predicted molar refractivity (Wildman–Crippen MR) is 61.0 cm³/mol. The lowest BCUT2D eigenvalue weighted by Crippen LogP contribution is -2.42. The van der Waals surface area contributed by atoms with Gasteiger partial charge in [0, 0.05) is 11.6 Å². The summed E-state index contributed by atoms with van der Waals surface area (Å²) in [5, 5.41) is 0. The highest BCUT2D eigenvalue weighted by atomic mass is 32.2. The Morgan fingerprint density at radius 3 is 2.06 bits per heavy atom. The average Bonchev–Trinajstić information content (AvgIpc) is 2.14. The third-order valence-electron chi connectivity index (χ3n) is 2.44. The number of rotatable bonds is 4. The minimum Gasteiger partial charge on any atom is -0.207 e. The van der Waals surface area contributed by atoms with Gasteiger partial charge in [-0.1, -0.05) is 6.92 Å². The van der Waals surface area contributed by atoms with Gasteiger partial charge in [0.05, 0.1) is 4.90 Å². The number of benzene rings is 1. The van der Waals surface area contributed by atoms with Crippen LogP contribution in [0.5, 0.6) is 0 Å². The van der Waals surface area contributed by atoms with Crippen molar-refractivity contribution >= 4 is 10.0 Å². The lowest BCUT2D eigenvalue weighted by Gasteiger charge is -2.24. The van der Waals surface area contributed by atoms with Crippen molar-refractivity contribution in [2.45, 2.75) is 37.6 Å². The van der Waals surface area contributed by atoms with Crippen molar-refractivity contribution in [3.05, 3.63) is 29.8 Å². The van der Waals surface area contributed by atoms with Crippen molar-refractivity contribution < 1.29 is 17.2 Å². The quantitative estimate of drug-likeness (QED) is 0.906. The molecule has 1 aromatic rings. The molecule has 0 unspecified atom stereocenters. The molecule has 0 aromatic heterocycles. The van der Waals surface area contributed by atoms with Crippen molar-refractivity contribution in [3.63, 3.8) is 0 Å². The first kappa shape index (κ1) is 14.1. The molecule has 0 radical (unpaired) electrons. The first-order valence-electron chi connectivity index (χ1n) is 5.16. The largest absolute Gasteiger partial charge is 0.241 e. The molecule has 0 aliphatic rings. The molecule has 1 N–H and O–H groups in total. The van der Waals surface area contributed by atoms with Gasteiger partial charge in [0.15, 0.2) is 0 Å². The monoisotopic (exact) mass is 263 g/mol. The summed E-state index contributed by atoms with van der Waals surface area (Å²) in [5.41, 5.74) is -0.665. The van der Waals surface area contributed by atoms with Gasteiger partial charge in [-0.2, -0.15) is 0 Å². The Labute approximate surface area is 99.9 Å². The zero-order valence-electron chi connectivity index (χ0n) is 9.92. The third kappa shape index (κ3) is 3.74. The smallest absolute Gasteiger partial charge is 0.207 e. The van der Waals surface area contributed by atoms with Crippen LogP contribution in [0.2, 0.25) is 0 Å². The lowest BCUT2D eigenvalue weighted by atomic mass is 10.0. The Balaban J connectivity index is 3.14. The summed E-state index contributed by atoms with van der Waals surface area (Å²) in [6.45, 7) is 5.20. The van der Waals surface area contributed by atoms with Crippen molar-refractivity contribution in [2.75, 3.05) is 0 Å². The topological polar surface area (TPSA) is 46.2 Å². The third-order valence-corrected chi connectivity index (χ3v) is 4.12. The molecular weight excluding hydrogens is 248 g/mol. The van der Waals surface area contributed by atoms with Crippen molar-refractivity contribution in [3.8, 4) is 0 Å². The fraction of sp³-hybridized carbons (Fsp3) is 0.455. The van der Waals surface area contributed by atoms with E-state index in [-0.39, 0.29) is 0 Å². The first-order valence-corrected chi connectivity index (χ1v) is 6.65. The van der Waals surface area contributed by atoms with Crippen LogP contribution in [0.1, 0.15) is 27.2 Å². The Bertz CT molecular complexity index is 492. The van der Waals surface area contributed by atoms with Crippen molar-refractivity contribution in [1.29, 1.82) is 0 Å². The molecule has 6 heteroatoms. The zero-order valence-corrected chi connectivity index (χ0v) is 10.7. The summed E-state index contributed by atoms with van der Waals surface area (Å²) in [5.74, 6) is -1.83. The van der Waals surface area contributed by atoms with Crippen LogP contribution < -0.4 is 4.72 Å². The number of nitrogens with one attached hydrogen (secondary N) is 1. The van der Waals surface area contributed by atoms with Crippen LogP contribution in [0.4, 0.5) is 8.78 Å². The van der Waals surface area contributed by atoms with Gasteiger partial charge < -0.3 is 0 Å². The molecule has 0 amide bonds. The van der Waals surface area contributed by atoms with E-state index < -0.39 is 32.1 Å². The number of hydrogen-bond donors (Lipinski definition) is 1. The van der Waals surface area contributed by atoms with E-state index in [1.54, 1.807) is 13.8 Å². The molecule has 17 heavy (non-hydrogen) atoms. The van der Waals surface area contributed by atoms with Crippen LogP contribution in [0.3, 0.4) is 0 Å². The molecule has 0 fully saturated rings. The maximum atomic E-state index is 12.9. The van der Waals surface area contributed by atoms with Gasteiger partial charge >= 0.3 is 0 Å². The molecule has 1 aromatic carbocycles. The fourth-order valence-corrected chi connectivity index (χ4v) is 2.70. The van der Waals surface area contributed by atoms with E-state index in [2.05, 4.69) is 4.72 Å². The van der Waals surface area contributed by atoms with Crippen molar-refractivity contribution in [2.24, 2.45) is 0 Å². The molecule has 0 aliphatic heterocycles. The number of hydrogen-bond acceptors (Lipinski definition) is 2. The van der Waals surface area contributed by atoms with Gasteiger partial charge in [-0.15, -0.1) is 0 Å². The molecule has 0 bridgehead atoms. The summed E-state index contributed by atoms with van der Waals surface area (Å²) >= 11 is 0. The van der Waals surface area contributed by atoms with Gasteiger partial charge in [0.25, 0.3) is 0 Å². The molecule has 0 saturated heterocycles. The highest BCUT2D eigenvalue weighted by Crippen LogP contribution is 2.17. The Kier molecular flexibility index (Phi) is 3.88. The van der Waals surface area contributed by atoms with E-state index >= 15 is 0 Å². The van der Waals surface area contributed by atoms with E-state index in [1.807, 2.05) is 6.92 Å². The molecule has 1 rings (SSSR count). The number of halogens is 2. The zero-order chi connectivity index (χ0) is 13.3. The van der Waals surface area contributed by atoms with E-state index in [1.165, 1.54) is 0 Å². The molecule has 0 aliphatic carbocycles. The Hall–Kier alpha value is -1.01. The summed E-state index contributed by atoms with van der Waals surface area (Å²) in [6.07, 6.45) is 0.560. The van der Waals surface area contributed by atoms with Crippen LogP contribution in [0.25, 0.3) is 0 Å². The van der Waals surface area contributed by atoms with Crippen LogP contribution in [0, 0.1) is 11.6 Å². The van der Waals surface area contributed by atoms with Crippen LogP contribution >= 0.6 is 0 Å². The Morgan fingerprint density at radius 1 is 1.18 bits per heavy atom. The van der Waals surface area contributed by atoms with Gasteiger partial charge in [-0.05, 0) is 32.4 Å². The Morgan fingerprint density at radius 2 is 1.65 bits per heavy atom. The van der Waals surface area contributed by atoms with Gasteiger partial charge in [0.2, 0.25) is 10.0 Å². The highest BCUT2D eigenvalue weighted by Gasteiger charge is 2.25. The highest BCUT2D eigenvalue weighted by molar-refractivity contribution is 7.89. The predicted octanol–water partition coefficient (Wildman–Crippen LogP) is 2.43. The van der Waals surface area contributed by atoms with E-state index in [9.17, 15) is 17.2 Å². The molecule has 96 valence electrons.